The molecule has 0 radical (unpaired) electrons. The van der Waals surface area contributed by atoms with Crippen molar-refractivity contribution in [3.05, 3.63) is 48.0 Å². The maximum Gasteiger partial charge on any atom is 0.140 e. The fraction of sp³-hybridized carbons (Fsp3) is 0.429. The van der Waals surface area contributed by atoms with Crippen molar-refractivity contribution >= 4 is 0 Å². The molecule has 2 aromatic rings. The molecular formula is C14H20N4. The normalized spacial score (nSPS) is 12.6. The number of rotatable bonds is 6. The van der Waals surface area contributed by atoms with Gasteiger partial charge in [-0.05, 0) is 24.4 Å². The van der Waals surface area contributed by atoms with Gasteiger partial charge in [0.25, 0.3) is 0 Å². The molecule has 0 amide bonds. The lowest BCUT2D eigenvalue weighted by molar-refractivity contribution is 0.566. The molecule has 96 valence electrons. The van der Waals surface area contributed by atoms with E-state index in [4.69, 9.17) is 0 Å². The zero-order valence-corrected chi connectivity index (χ0v) is 11.0. The minimum atomic E-state index is 0.582. The van der Waals surface area contributed by atoms with E-state index in [1.807, 2.05) is 7.05 Å². The van der Waals surface area contributed by atoms with Crippen LogP contribution in [0.4, 0.5) is 0 Å². The quantitative estimate of drug-likeness (QED) is 0.791. The molecule has 0 bridgehead atoms. The van der Waals surface area contributed by atoms with Gasteiger partial charge < -0.3 is 5.32 Å². The van der Waals surface area contributed by atoms with Gasteiger partial charge in [-0.3, -0.25) is 4.68 Å². The number of hydrogen-bond donors (Lipinski definition) is 1. The Balaban J connectivity index is 1.71. The third kappa shape index (κ3) is 3.40. The number of aromatic nitrogens is 3. The van der Waals surface area contributed by atoms with Gasteiger partial charge in [0, 0.05) is 7.05 Å². The zero-order valence-electron chi connectivity index (χ0n) is 11.0. The van der Waals surface area contributed by atoms with E-state index >= 15 is 0 Å². The molecule has 1 atom stereocenters. The van der Waals surface area contributed by atoms with E-state index in [0.717, 1.165) is 25.3 Å². The minimum absolute atomic E-state index is 0.582. The van der Waals surface area contributed by atoms with Gasteiger partial charge in [0.1, 0.15) is 12.2 Å². The van der Waals surface area contributed by atoms with Crippen molar-refractivity contribution in [2.75, 3.05) is 6.54 Å². The van der Waals surface area contributed by atoms with Crippen LogP contribution in [0.25, 0.3) is 0 Å². The average Bonchev–Trinajstić information content (AvgIpc) is 2.81. The SMILES string of the molecule is CC(CCNCc1ncnn1C)c1ccccc1. The Morgan fingerprint density at radius 2 is 2.06 bits per heavy atom. The highest BCUT2D eigenvalue weighted by atomic mass is 15.3. The highest BCUT2D eigenvalue weighted by molar-refractivity contribution is 5.18. The number of hydrogen-bond acceptors (Lipinski definition) is 3. The Morgan fingerprint density at radius 1 is 1.28 bits per heavy atom. The summed E-state index contributed by atoms with van der Waals surface area (Å²) in [6.07, 6.45) is 2.71. The van der Waals surface area contributed by atoms with Gasteiger partial charge in [-0.1, -0.05) is 37.3 Å². The van der Waals surface area contributed by atoms with Gasteiger partial charge >= 0.3 is 0 Å². The highest BCUT2D eigenvalue weighted by Gasteiger charge is 2.04. The standard InChI is InChI=1S/C14H20N4/c1-12(13-6-4-3-5-7-13)8-9-15-10-14-16-11-17-18(14)2/h3-7,11-12,15H,8-10H2,1-2H3. The molecule has 1 aromatic carbocycles. The van der Waals surface area contributed by atoms with Gasteiger partial charge in [0.05, 0.1) is 6.54 Å². The molecular weight excluding hydrogens is 224 g/mol. The van der Waals surface area contributed by atoms with E-state index in [1.165, 1.54) is 5.56 Å². The minimum Gasteiger partial charge on any atom is -0.310 e. The van der Waals surface area contributed by atoms with Gasteiger partial charge in [0.2, 0.25) is 0 Å². The first-order valence-corrected chi connectivity index (χ1v) is 6.36. The summed E-state index contributed by atoms with van der Waals surface area (Å²) in [5.74, 6) is 1.56. The van der Waals surface area contributed by atoms with Crippen molar-refractivity contribution in [2.24, 2.45) is 7.05 Å². The number of nitrogens with one attached hydrogen (secondary N) is 1. The lowest BCUT2D eigenvalue weighted by atomic mass is 9.98. The van der Waals surface area contributed by atoms with Crippen molar-refractivity contribution in [1.82, 2.24) is 20.1 Å². The van der Waals surface area contributed by atoms with Gasteiger partial charge in [-0.15, -0.1) is 0 Å². The molecule has 4 nitrogen and oxygen atoms in total. The number of aryl methyl sites for hydroxylation is 1. The molecule has 18 heavy (non-hydrogen) atoms. The third-order valence-electron chi connectivity index (χ3n) is 3.21. The van der Waals surface area contributed by atoms with Crippen LogP contribution in [0.2, 0.25) is 0 Å². The fourth-order valence-corrected chi connectivity index (χ4v) is 1.95. The maximum absolute atomic E-state index is 4.18. The molecule has 1 heterocycles. The Bertz CT molecular complexity index is 464. The molecule has 0 aliphatic heterocycles. The van der Waals surface area contributed by atoms with Crippen molar-refractivity contribution in [1.29, 1.82) is 0 Å². The molecule has 0 fully saturated rings. The number of benzene rings is 1. The van der Waals surface area contributed by atoms with Crippen LogP contribution in [0, 0.1) is 0 Å². The zero-order chi connectivity index (χ0) is 12.8. The highest BCUT2D eigenvalue weighted by Crippen LogP contribution is 2.17. The van der Waals surface area contributed by atoms with Crippen molar-refractivity contribution in [3.63, 3.8) is 0 Å². The van der Waals surface area contributed by atoms with Crippen LogP contribution >= 0.6 is 0 Å². The summed E-state index contributed by atoms with van der Waals surface area (Å²) in [7, 11) is 1.91. The predicted octanol–water partition coefficient (Wildman–Crippen LogP) is 2.10. The van der Waals surface area contributed by atoms with Crippen molar-refractivity contribution < 1.29 is 0 Å². The number of nitrogens with zero attached hydrogens (tertiary/aromatic N) is 3. The first kappa shape index (κ1) is 12.8. The van der Waals surface area contributed by atoms with Crippen LogP contribution in [0.5, 0.6) is 0 Å². The Kier molecular flexibility index (Phi) is 4.47. The molecule has 0 aliphatic carbocycles. The second-order valence-electron chi connectivity index (χ2n) is 4.58. The molecule has 0 aliphatic rings. The lowest BCUT2D eigenvalue weighted by Gasteiger charge is -2.12. The van der Waals surface area contributed by atoms with Gasteiger partial charge in [-0.2, -0.15) is 5.10 Å². The molecule has 1 aromatic heterocycles. The van der Waals surface area contributed by atoms with Crippen LogP contribution in [0.15, 0.2) is 36.7 Å². The summed E-state index contributed by atoms with van der Waals surface area (Å²) in [5.41, 5.74) is 1.40. The van der Waals surface area contributed by atoms with E-state index in [-0.39, 0.29) is 0 Å². The first-order valence-electron chi connectivity index (χ1n) is 6.36. The fourth-order valence-electron chi connectivity index (χ4n) is 1.95. The maximum atomic E-state index is 4.18. The lowest BCUT2D eigenvalue weighted by Crippen LogP contribution is -2.19. The van der Waals surface area contributed by atoms with Crippen LogP contribution in [0.1, 0.15) is 30.7 Å². The van der Waals surface area contributed by atoms with E-state index in [1.54, 1.807) is 11.0 Å². The van der Waals surface area contributed by atoms with E-state index in [2.05, 4.69) is 52.7 Å². The second-order valence-corrected chi connectivity index (χ2v) is 4.58. The summed E-state index contributed by atoms with van der Waals surface area (Å²) < 4.78 is 1.80. The molecule has 0 spiro atoms. The van der Waals surface area contributed by atoms with Crippen molar-refractivity contribution in [2.45, 2.75) is 25.8 Å². The van der Waals surface area contributed by atoms with Gasteiger partial charge in [-0.25, -0.2) is 4.98 Å². The van der Waals surface area contributed by atoms with Gasteiger partial charge in [0.15, 0.2) is 0 Å². The van der Waals surface area contributed by atoms with Crippen LogP contribution in [0.3, 0.4) is 0 Å². The van der Waals surface area contributed by atoms with E-state index < -0.39 is 0 Å². The first-order chi connectivity index (χ1) is 8.77. The molecule has 1 N–H and O–H groups in total. The molecule has 0 saturated heterocycles. The Labute approximate surface area is 108 Å². The van der Waals surface area contributed by atoms with Crippen molar-refractivity contribution in [3.8, 4) is 0 Å². The van der Waals surface area contributed by atoms with Crippen LogP contribution in [-0.4, -0.2) is 21.3 Å². The second kappa shape index (κ2) is 6.31. The Morgan fingerprint density at radius 3 is 2.72 bits per heavy atom. The topological polar surface area (TPSA) is 42.7 Å². The summed E-state index contributed by atoms with van der Waals surface area (Å²) in [5, 5.41) is 7.45. The van der Waals surface area contributed by atoms with E-state index in [9.17, 15) is 0 Å². The molecule has 4 heteroatoms. The molecule has 1 unspecified atom stereocenters. The van der Waals surface area contributed by atoms with Crippen LogP contribution < -0.4 is 5.32 Å². The monoisotopic (exact) mass is 244 g/mol. The van der Waals surface area contributed by atoms with Crippen LogP contribution in [-0.2, 0) is 13.6 Å². The third-order valence-corrected chi connectivity index (χ3v) is 3.21. The smallest absolute Gasteiger partial charge is 0.140 e. The molecule has 0 saturated carbocycles. The predicted molar refractivity (Wildman–Crippen MR) is 72.2 cm³/mol. The molecule has 2 rings (SSSR count). The summed E-state index contributed by atoms with van der Waals surface area (Å²) in [6.45, 7) is 4.03. The Hall–Kier alpha value is -1.68. The average molecular weight is 244 g/mol. The summed E-state index contributed by atoms with van der Waals surface area (Å²) >= 11 is 0. The van der Waals surface area contributed by atoms with E-state index in [0.29, 0.717) is 5.92 Å². The summed E-state index contributed by atoms with van der Waals surface area (Å²) in [6, 6.07) is 10.6. The summed E-state index contributed by atoms with van der Waals surface area (Å²) in [4.78, 5) is 4.18. The largest absolute Gasteiger partial charge is 0.310 e.